The lowest BCUT2D eigenvalue weighted by Gasteiger charge is -2.44. The van der Waals surface area contributed by atoms with E-state index in [4.69, 9.17) is 17.1 Å². The third-order valence-electron chi connectivity index (χ3n) is 5.16. The average molecular weight is 595 g/mol. The van der Waals surface area contributed by atoms with Crippen LogP contribution in [-0.2, 0) is 17.1 Å². The second-order valence-electron chi connectivity index (χ2n) is 11.6. The van der Waals surface area contributed by atoms with Crippen molar-refractivity contribution in [3.8, 4) is 0 Å². The molecule has 0 aromatic rings. The molecule has 0 rings (SSSR count). The molecular formula is C18H41F7O4Si5. The number of rotatable bonds is 14. The van der Waals surface area contributed by atoms with Crippen LogP contribution in [0.4, 0.5) is 30.7 Å². The minimum absolute atomic E-state index is 0.230. The van der Waals surface area contributed by atoms with Crippen LogP contribution in [-0.4, -0.2) is 69.8 Å². The lowest BCUT2D eigenvalue weighted by atomic mass is 9.84. The summed E-state index contributed by atoms with van der Waals surface area (Å²) >= 11 is 0. The van der Waals surface area contributed by atoms with Gasteiger partial charge in [-0.05, 0) is 64.3 Å². The zero-order valence-electron chi connectivity index (χ0n) is 22.1. The molecule has 0 heterocycles. The van der Waals surface area contributed by atoms with Crippen molar-refractivity contribution in [3.63, 3.8) is 0 Å². The van der Waals surface area contributed by atoms with E-state index in [1.165, 1.54) is 0 Å². The Hall–Kier alpha value is 0.434. The van der Waals surface area contributed by atoms with E-state index in [-0.39, 0.29) is 10.5 Å². The monoisotopic (exact) mass is 594 g/mol. The van der Waals surface area contributed by atoms with Crippen molar-refractivity contribution in [1.82, 2.24) is 0 Å². The van der Waals surface area contributed by atoms with Crippen LogP contribution >= 0.6 is 0 Å². The highest BCUT2D eigenvalue weighted by molar-refractivity contribution is 6.81. The molecule has 0 aromatic carbocycles. The molecule has 2 unspecified atom stereocenters. The van der Waals surface area contributed by atoms with Gasteiger partial charge in [0.15, 0.2) is 16.6 Å². The third-order valence-corrected chi connectivity index (χ3v) is 16.8. The predicted molar refractivity (Wildman–Crippen MR) is 133 cm³/mol. The highest BCUT2D eigenvalue weighted by atomic mass is 28.4. The molecule has 0 amide bonds. The maximum Gasteiger partial charge on any atom is 0.459 e. The van der Waals surface area contributed by atoms with Gasteiger partial charge in [0.2, 0.25) is 0 Å². The second kappa shape index (κ2) is 11.4. The molecule has 206 valence electrons. The zero-order valence-corrected chi connectivity index (χ0v) is 28.5. The normalized spacial score (nSPS) is 17.6. The van der Waals surface area contributed by atoms with Crippen LogP contribution in [0.5, 0.6) is 0 Å². The number of halogens is 7. The van der Waals surface area contributed by atoms with Gasteiger partial charge >= 0.3 is 26.6 Å². The molecule has 0 aliphatic heterocycles. The summed E-state index contributed by atoms with van der Waals surface area (Å²) in [5.74, 6) is -11.4. The lowest BCUT2D eigenvalue weighted by Crippen LogP contribution is -2.53. The Bertz CT molecular complexity index is 650. The van der Waals surface area contributed by atoms with E-state index in [1.807, 2.05) is 52.4 Å². The molecular weight excluding hydrogens is 554 g/mol. The predicted octanol–water partition coefficient (Wildman–Crippen LogP) is 5.54. The molecule has 2 atom stereocenters. The highest BCUT2D eigenvalue weighted by Gasteiger charge is 2.72. The van der Waals surface area contributed by atoms with Crippen LogP contribution < -0.4 is 0 Å². The molecule has 0 aliphatic carbocycles. The van der Waals surface area contributed by atoms with Gasteiger partial charge in [-0.25, -0.2) is 0 Å². The van der Waals surface area contributed by atoms with Crippen molar-refractivity contribution in [2.75, 3.05) is 0 Å². The quantitative estimate of drug-likeness (QED) is 0.150. The first-order valence-corrected chi connectivity index (χ1v) is 22.9. The summed E-state index contributed by atoms with van der Waals surface area (Å²) in [6.07, 6.45) is -9.45. The molecule has 0 radical (unpaired) electrons. The first-order chi connectivity index (χ1) is 14.7. The third kappa shape index (κ3) is 10.4. The number of alkyl halides is 7. The van der Waals surface area contributed by atoms with E-state index < -0.39 is 83.1 Å². The fraction of sp³-hybridized carbons (Fsp3) is 1.00. The fourth-order valence-electron chi connectivity index (χ4n) is 3.46. The van der Waals surface area contributed by atoms with Gasteiger partial charge in [0.05, 0.1) is 0 Å². The Morgan fingerprint density at radius 3 is 1.65 bits per heavy atom. The molecule has 0 bridgehead atoms. The highest BCUT2D eigenvalue weighted by Crippen LogP contribution is 2.51. The topological polar surface area (TPSA) is 36.9 Å². The van der Waals surface area contributed by atoms with Gasteiger partial charge in [0.25, 0.3) is 0 Å². The summed E-state index contributed by atoms with van der Waals surface area (Å²) in [5.41, 5.74) is -1.69. The molecule has 34 heavy (non-hydrogen) atoms. The molecule has 4 nitrogen and oxygen atoms in total. The first kappa shape index (κ1) is 34.4. The van der Waals surface area contributed by atoms with Crippen LogP contribution in [0.1, 0.15) is 26.7 Å². The molecule has 0 saturated carbocycles. The van der Waals surface area contributed by atoms with Gasteiger partial charge in [0.1, 0.15) is 26.5 Å². The van der Waals surface area contributed by atoms with Crippen LogP contribution in [0.2, 0.25) is 57.9 Å². The maximum atomic E-state index is 14.1. The van der Waals surface area contributed by atoms with Crippen LogP contribution in [0.3, 0.4) is 0 Å². The second-order valence-corrected chi connectivity index (χ2v) is 26.8. The largest absolute Gasteiger partial charge is 0.460 e. The van der Waals surface area contributed by atoms with Crippen molar-refractivity contribution < 1.29 is 47.8 Å². The van der Waals surface area contributed by atoms with Gasteiger partial charge in [-0.2, -0.15) is 30.7 Å². The Balaban J connectivity index is 5.96. The van der Waals surface area contributed by atoms with E-state index in [2.05, 4.69) is 0 Å². The summed E-state index contributed by atoms with van der Waals surface area (Å²) in [4.78, 5) is 0. The molecule has 0 spiro atoms. The average Bonchev–Trinajstić information content (AvgIpc) is 2.54. The van der Waals surface area contributed by atoms with Crippen LogP contribution in [0, 0.1) is 5.41 Å². The van der Waals surface area contributed by atoms with Crippen molar-refractivity contribution in [2.45, 2.75) is 109 Å². The van der Waals surface area contributed by atoms with E-state index in [0.717, 1.165) is 0 Å². The Morgan fingerprint density at radius 2 is 1.29 bits per heavy atom. The van der Waals surface area contributed by atoms with Gasteiger partial charge in [0, 0.05) is 11.8 Å². The van der Waals surface area contributed by atoms with Crippen molar-refractivity contribution in [3.05, 3.63) is 0 Å². The van der Waals surface area contributed by atoms with Gasteiger partial charge < -0.3 is 17.1 Å². The van der Waals surface area contributed by atoms with E-state index >= 15 is 0 Å². The van der Waals surface area contributed by atoms with Crippen molar-refractivity contribution in [2.24, 2.45) is 5.41 Å². The Kier molecular flexibility index (Phi) is 11.6. The molecule has 0 aliphatic rings. The molecule has 0 N–H and O–H groups in total. The maximum absolute atomic E-state index is 14.1. The Morgan fingerprint density at radius 1 is 0.824 bits per heavy atom. The number of hydrogen-bond donors (Lipinski definition) is 0. The van der Waals surface area contributed by atoms with E-state index in [9.17, 15) is 30.7 Å². The van der Waals surface area contributed by atoms with Gasteiger partial charge in [-0.15, -0.1) is 0 Å². The first-order valence-electron chi connectivity index (χ1n) is 11.1. The van der Waals surface area contributed by atoms with E-state index in [0.29, 0.717) is 0 Å². The zero-order chi connectivity index (χ0) is 27.6. The minimum atomic E-state index is -6.35. The fourth-order valence-corrected chi connectivity index (χ4v) is 15.2. The lowest BCUT2D eigenvalue weighted by molar-refractivity contribution is -0.355. The van der Waals surface area contributed by atoms with Gasteiger partial charge in [-0.3, -0.25) is 0 Å². The summed E-state index contributed by atoms with van der Waals surface area (Å²) < 4.78 is 117. The SMILES string of the molecule is CC(C)(C(O[SiH3])O[Si](C)(C)O[Si](C)(C)C)C(CCC(F)(F)C(F)(F)C(F)(F)F)[SiH2]O[Si](C)(C)C. The van der Waals surface area contributed by atoms with E-state index in [1.54, 1.807) is 13.8 Å². The van der Waals surface area contributed by atoms with Crippen molar-refractivity contribution in [1.29, 1.82) is 0 Å². The molecule has 0 aromatic heterocycles. The molecule has 0 saturated heterocycles. The summed E-state index contributed by atoms with van der Waals surface area (Å²) in [7, 11) is -8.21. The molecule has 16 heteroatoms. The van der Waals surface area contributed by atoms with Gasteiger partial charge in [-0.1, -0.05) is 13.8 Å². The van der Waals surface area contributed by atoms with Crippen LogP contribution in [0.15, 0.2) is 0 Å². The standard InChI is InChI=1S/C18H41F7O4Si5/c1-15(2,14(26-30)27-34(9,10)29-33(6,7)8)13(31-28-32(3,4)5)11-12-16(19,20)17(21,22)18(23,24)25/h13-14H,11-12,31H2,1-10,30H3. The number of hydrogen-bond acceptors (Lipinski definition) is 4. The summed E-state index contributed by atoms with van der Waals surface area (Å²) in [5, 5.41) is 0. The molecule has 0 fully saturated rings. The van der Waals surface area contributed by atoms with Crippen LogP contribution in [0.25, 0.3) is 0 Å². The summed E-state index contributed by atoms with van der Waals surface area (Å²) in [6, 6.07) is 0. The van der Waals surface area contributed by atoms with Crippen molar-refractivity contribution >= 4 is 45.4 Å². The Labute approximate surface area is 207 Å². The smallest absolute Gasteiger partial charge is 0.459 e. The summed E-state index contributed by atoms with van der Waals surface area (Å²) in [6.45, 7) is 18.7. The minimum Gasteiger partial charge on any atom is -0.460 e.